The first-order valence-corrected chi connectivity index (χ1v) is 14.0. The van der Waals surface area contributed by atoms with Gasteiger partial charge in [-0.2, -0.15) is 0 Å². The molecule has 1 unspecified atom stereocenters. The van der Waals surface area contributed by atoms with Crippen LogP contribution in [0.15, 0.2) is 48.5 Å². The number of aryl methyl sites for hydroxylation is 2. The van der Waals surface area contributed by atoms with Gasteiger partial charge in [0.05, 0.1) is 11.9 Å². The van der Waals surface area contributed by atoms with Crippen LogP contribution in [0, 0.1) is 13.8 Å². The van der Waals surface area contributed by atoms with Crippen molar-refractivity contribution in [2.45, 2.75) is 72.5 Å². The fraction of sp³-hybridized carbons (Fsp3) is 0.481. The molecule has 0 radical (unpaired) electrons. The van der Waals surface area contributed by atoms with Crippen molar-refractivity contribution in [1.29, 1.82) is 0 Å². The molecule has 0 aliphatic heterocycles. The molecule has 0 aliphatic rings. The summed E-state index contributed by atoms with van der Waals surface area (Å²) < 4.78 is 26.2. The van der Waals surface area contributed by atoms with Crippen molar-refractivity contribution < 1.29 is 18.0 Å². The van der Waals surface area contributed by atoms with Crippen molar-refractivity contribution in [2.24, 2.45) is 0 Å². The minimum atomic E-state index is -3.51. The number of nitrogens with zero attached hydrogens (tertiary/aromatic N) is 2. The van der Waals surface area contributed by atoms with Crippen LogP contribution in [-0.4, -0.2) is 50.0 Å². The third-order valence-corrected chi connectivity index (χ3v) is 6.92. The second kappa shape index (κ2) is 12.7. The van der Waals surface area contributed by atoms with Gasteiger partial charge in [0.25, 0.3) is 0 Å². The maximum Gasteiger partial charge on any atom is 0.243 e. The summed E-state index contributed by atoms with van der Waals surface area (Å²) in [6.45, 7) is 10.1. The second-order valence-electron chi connectivity index (χ2n) is 9.37. The van der Waals surface area contributed by atoms with Crippen LogP contribution in [0.2, 0.25) is 0 Å². The summed E-state index contributed by atoms with van der Waals surface area (Å²) in [7, 11) is -3.51. The van der Waals surface area contributed by atoms with Gasteiger partial charge in [0.15, 0.2) is 0 Å². The molecule has 7 nitrogen and oxygen atoms in total. The average Bonchev–Trinajstić information content (AvgIpc) is 2.76. The second-order valence-corrected chi connectivity index (χ2v) is 11.3. The lowest BCUT2D eigenvalue weighted by atomic mass is 10.1. The minimum Gasteiger partial charge on any atom is -0.352 e. The Labute approximate surface area is 210 Å². The molecular weight excluding hydrogens is 462 g/mol. The average molecular weight is 502 g/mol. The predicted octanol–water partition coefficient (Wildman–Crippen LogP) is 4.18. The molecule has 192 valence electrons. The van der Waals surface area contributed by atoms with Crippen molar-refractivity contribution >= 4 is 27.5 Å². The molecule has 2 amide bonds. The molecule has 0 bridgehead atoms. The zero-order valence-electron chi connectivity index (χ0n) is 21.7. The van der Waals surface area contributed by atoms with Gasteiger partial charge in [-0.05, 0) is 58.2 Å². The molecular formula is C27H39N3O4S. The van der Waals surface area contributed by atoms with Gasteiger partial charge in [0.1, 0.15) is 6.04 Å². The molecule has 35 heavy (non-hydrogen) atoms. The highest BCUT2D eigenvalue weighted by molar-refractivity contribution is 7.92. The van der Waals surface area contributed by atoms with Gasteiger partial charge in [-0.1, -0.05) is 54.4 Å². The van der Waals surface area contributed by atoms with Crippen molar-refractivity contribution in [2.75, 3.05) is 17.1 Å². The lowest BCUT2D eigenvalue weighted by Crippen LogP contribution is -2.50. The van der Waals surface area contributed by atoms with E-state index in [0.29, 0.717) is 25.1 Å². The van der Waals surface area contributed by atoms with Crippen LogP contribution in [0.3, 0.4) is 0 Å². The van der Waals surface area contributed by atoms with Gasteiger partial charge in [-0.25, -0.2) is 8.42 Å². The van der Waals surface area contributed by atoms with E-state index in [1.807, 2.05) is 71.0 Å². The summed E-state index contributed by atoms with van der Waals surface area (Å²) in [6, 6.07) is 14.5. The predicted molar refractivity (Wildman–Crippen MR) is 142 cm³/mol. The topological polar surface area (TPSA) is 86.8 Å². The van der Waals surface area contributed by atoms with E-state index in [1.54, 1.807) is 17.0 Å². The van der Waals surface area contributed by atoms with Crippen LogP contribution < -0.4 is 9.62 Å². The third kappa shape index (κ3) is 8.69. The van der Waals surface area contributed by atoms with Gasteiger partial charge in [-0.3, -0.25) is 13.9 Å². The molecule has 0 saturated carbocycles. The maximum absolute atomic E-state index is 13.4. The van der Waals surface area contributed by atoms with Crippen molar-refractivity contribution in [3.8, 4) is 0 Å². The third-order valence-electron chi connectivity index (χ3n) is 5.73. The molecule has 2 rings (SSSR count). The van der Waals surface area contributed by atoms with Gasteiger partial charge >= 0.3 is 0 Å². The normalized spacial score (nSPS) is 12.3. The van der Waals surface area contributed by atoms with E-state index in [4.69, 9.17) is 0 Å². The molecule has 0 fully saturated rings. The van der Waals surface area contributed by atoms with Crippen LogP contribution in [0.4, 0.5) is 5.69 Å². The highest BCUT2D eigenvalue weighted by atomic mass is 32.2. The van der Waals surface area contributed by atoms with Gasteiger partial charge < -0.3 is 10.2 Å². The summed E-state index contributed by atoms with van der Waals surface area (Å²) in [5.41, 5.74) is 3.64. The smallest absolute Gasteiger partial charge is 0.243 e. The van der Waals surface area contributed by atoms with Crippen molar-refractivity contribution in [3.63, 3.8) is 0 Å². The summed E-state index contributed by atoms with van der Waals surface area (Å²) in [5, 5.41) is 2.93. The van der Waals surface area contributed by atoms with Crippen LogP contribution in [-0.2, 0) is 26.2 Å². The van der Waals surface area contributed by atoms with Gasteiger partial charge in [0.2, 0.25) is 21.8 Å². The summed E-state index contributed by atoms with van der Waals surface area (Å²) >= 11 is 0. The Morgan fingerprint density at radius 2 is 1.66 bits per heavy atom. The van der Waals surface area contributed by atoms with Crippen molar-refractivity contribution in [3.05, 3.63) is 65.2 Å². The molecule has 8 heteroatoms. The number of amides is 2. The SMILES string of the molecule is CCC(C(=O)NC(C)C)N(Cc1cccc(C)c1)C(=O)CCCN(c1ccc(C)cc1)S(C)(=O)=O. The number of nitrogens with one attached hydrogen (secondary N) is 1. The number of carbonyl (C=O) groups excluding carboxylic acids is 2. The van der Waals surface area contributed by atoms with Crippen LogP contribution >= 0.6 is 0 Å². The molecule has 2 aromatic carbocycles. The molecule has 0 aromatic heterocycles. The van der Waals surface area contributed by atoms with Gasteiger partial charge in [-0.15, -0.1) is 0 Å². The number of anilines is 1. The van der Waals surface area contributed by atoms with E-state index in [2.05, 4.69) is 5.32 Å². The molecule has 0 heterocycles. The molecule has 0 spiro atoms. The first-order chi connectivity index (χ1) is 16.4. The molecule has 1 N–H and O–H groups in total. The molecule has 1 atom stereocenters. The zero-order chi connectivity index (χ0) is 26.2. The largest absolute Gasteiger partial charge is 0.352 e. The Kier molecular flexibility index (Phi) is 10.3. The van der Waals surface area contributed by atoms with E-state index in [9.17, 15) is 18.0 Å². The number of sulfonamides is 1. The van der Waals surface area contributed by atoms with Crippen molar-refractivity contribution in [1.82, 2.24) is 10.2 Å². The van der Waals surface area contributed by atoms with E-state index in [1.165, 1.54) is 10.6 Å². The van der Waals surface area contributed by atoms with Crippen LogP contribution in [0.25, 0.3) is 0 Å². The van der Waals surface area contributed by atoms with E-state index < -0.39 is 16.1 Å². The Morgan fingerprint density at radius 3 is 2.20 bits per heavy atom. The lowest BCUT2D eigenvalue weighted by molar-refractivity contribution is -0.141. The number of carbonyl (C=O) groups is 2. The first kappa shape index (κ1) is 28.4. The lowest BCUT2D eigenvalue weighted by Gasteiger charge is -2.31. The number of rotatable bonds is 12. The van der Waals surface area contributed by atoms with Gasteiger partial charge in [0, 0.05) is 25.6 Å². The summed E-state index contributed by atoms with van der Waals surface area (Å²) in [4.78, 5) is 28.0. The van der Waals surface area contributed by atoms with Crippen LogP contribution in [0.5, 0.6) is 0 Å². The molecule has 2 aromatic rings. The number of hydrogen-bond acceptors (Lipinski definition) is 4. The standard InChI is InChI=1S/C27H39N3O4S/c1-7-25(27(32)28-20(2)3)29(19-23-11-8-10-22(5)18-23)26(31)12-9-17-30(35(6,33)34)24-15-13-21(4)14-16-24/h8,10-11,13-16,18,20,25H,7,9,12,17,19H2,1-6H3,(H,28,32). The highest BCUT2D eigenvalue weighted by Crippen LogP contribution is 2.20. The summed E-state index contributed by atoms with van der Waals surface area (Å²) in [6.07, 6.45) is 2.12. The van der Waals surface area contributed by atoms with E-state index in [-0.39, 0.29) is 30.8 Å². The van der Waals surface area contributed by atoms with Crippen LogP contribution in [0.1, 0.15) is 56.7 Å². The zero-order valence-corrected chi connectivity index (χ0v) is 22.6. The Hall–Kier alpha value is -2.87. The fourth-order valence-electron chi connectivity index (χ4n) is 4.02. The first-order valence-electron chi connectivity index (χ1n) is 12.1. The Morgan fingerprint density at radius 1 is 1.00 bits per heavy atom. The number of benzene rings is 2. The van der Waals surface area contributed by atoms with E-state index >= 15 is 0 Å². The highest BCUT2D eigenvalue weighted by Gasteiger charge is 2.29. The summed E-state index contributed by atoms with van der Waals surface area (Å²) in [5.74, 6) is -0.351. The number of hydrogen-bond donors (Lipinski definition) is 1. The fourth-order valence-corrected chi connectivity index (χ4v) is 4.99. The quantitative estimate of drug-likeness (QED) is 0.473. The maximum atomic E-state index is 13.4. The minimum absolute atomic E-state index is 0.0368. The Bertz CT molecular complexity index is 1100. The molecule has 0 aliphatic carbocycles. The van der Waals surface area contributed by atoms with E-state index in [0.717, 1.165) is 16.7 Å². The monoisotopic (exact) mass is 501 g/mol. The Balaban J connectivity index is 2.21. The molecule has 0 saturated heterocycles.